The first-order valence-electron chi connectivity index (χ1n) is 12.2. The zero-order valence-electron chi connectivity index (χ0n) is 21.5. The molecule has 0 fully saturated rings. The van der Waals surface area contributed by atoms with E-state index in [1.807, 2.05) is 29.6 Å². The number of hydrogen-bond acceptors (Lipinski definition) is 8. The van der Waals surface area contributed by atoms with E-state index in [1.165, 1.54) is 34.8 Å². The number of halogens is 1. The Morgan fingerprint density at radius 2 is 1.95 bits per heavy atom. The number of para-hydroxylation sites is 1. The third-order valence-corrected chi connectivity index (χ3v) is 8.05. The molecule has 200 valence electrons. The van der Waals surface area contributed by atoms with Gasteiger partial charge >= 0.3 is 5.97 Å². The molecule has 0 bridgehead atoms. The van der Waals surface area contributed by atoms with E-state index >= 15 is 0 Å². The van der Waals surface area contributed by atoms with Crippen LogP contribution < -0.4 is 24.4 Å². The van der Waals surface area contributed by atoms with Gasteiger partial charge in [0.1, 0.15) is 18.5 Å². The van der Waals surface area contributed by atoms with Crippen LogP contribution >= 0.6 is 22.7 Å². The maximum atomic E-state index is 13.8. The lowest BCUT2D eigenvalue weighted by atomic mass is 10.0. The second kappa shape index (κ2) is 11.4. The molecule has 2 aromatic carbocycles. The number of fused-ring (bicyclic) bond motifs is 1. The van der Waals surface area contributed by atoms with Crippen LogP contribution in [0.4, 0.5) is 4.39 Å². The summed E-state index contributed by atoms with van der Waals surface area (Å²) in [5.74, 6) is 0.133. The summed E-state index contributed by atoms with van der Waals surface area (Å²) in [7, 11) is 1.54. The van der Waals surface area contributed by atoms with Gasteiger partial charge in [0.25, 0.3) is 5.56 Å². The Morgan fingerprint density at radius 1 is 1.15 bits per heavy atom. The Labute approximate surface area is 231 Å². The molecule has 7 nitrogen and oxygen atoms in total. The highest BCUT2D eigenvalue weighted by Crippen LogP contribution is 2.34. The molecule has 0 amide bonds. The molecule has 2 aromatic heterocycles. The fraction of sp³-hybridized carbons (Fsp3) is 0.207. The first-order valence-corrected chi connectivity index (χ1v) is 13.9. The van der Waals surface area contributed by atoms with Crippen LogP contribution in [-0.4, -0.2) is 24.3 Å². The average molecular weight is 565 g/mol. The summed E-state index contributed by atoms with van der Waals surface area (Å²) in [5.41, 5.74) is 2.01. The van der Waals surface area contributed by atoms with Gasteiger partial charge in [-0.2, -0.15) is 0 Å². The molecular weight excluding hydrogens is 539 g/mol. The standard InChI is InChI=1S/C29H25FN2O5S2/c1-4-36-28(34)24-17(2)31-29-32(25(24)22-9-6-14-38-22)27(33)23(39-29)15-19-7-5-8-21(35-3)26(19)37-16-18-10-12-20(30)13-11-18/h5-15,25H,4,16H2,1-3H3/b23-15-/t25-/m1/s1. The van der Waals surface area contributed by atoms with E-state index in [-0.39, 0.29) is 24.6 Å². The van der Waals surface area contributed by atoms with Crippen molar-refractivity contribution < 1.29 is 23.4 Å². The lowest BCUT2D eigenvalue weighted by molar-refractivity contribution is -0.139. The molecule has 0 N–H and O–H groups in total. The fourth-order valence-corrected chi connectivity index (χ4v) is 6.21. The first-order chi connectivity index (χ1) is 18.9. The topological polar surface area (TPSA) is 79.1 Å². The van der Waals surface area contributed by atoms with Gasteiger partial charge < -0.3 is 14.2 Å². The number of ether oxygens (including phenoxy) is 3. The second-order valence-electron chi connectivity index (χ2n) is 8.61. The molecule has 0 saturated carbocycles. The van der Waals surface area contributed by atoms with E-state index in [0.29, 0.717) is 37.7 Å². The van der Waals surface area contributed by atoms with E-state index < -0.39 is 12.0 Å². The fourth-order valence-electron chi connectivity index (χ4n) is 4.35. The van der Waals surface area contributed by atoms with Gasteiger partial charge in [-0.15, -0.1) is 11.3 Å². The number of carbonyl (C=O) groups excluding carboxylic acids is 1. The van der Waals surface area contributed by atoms with E-state index in [4.69, 9.17) is 14.2 Å². The molecule has 0 spiro atoms. The van der Waals surface area contributed by atoms with Crippen LogP contribution in [0.1, 0.15) is 35.9 Å². The largest absolute Gasteiger partial charge is 0.493 e. The van der Waals surface area contributed by atoms with Crippen molar-refractivity contribution in [2.24, 2.45) is 4.99 Å². The quantitative estimate of drug-likeness (QED) is 0.293. The van der Waals surface area contributed by atoms with Gasteiger partial charge in [-0.1, -0.05) is 41.7 Å². The summed E-state index contributed by atoms with van der Waals surface area (Å²) in [6.07, 6.45) is 1.74. The maximum absolute atomic E-state index is 13.8. The number of nitrogens with zero attached hydrogens (tertiary/aromatic N) is 2. The number of hydrogen-bond donors (Lipinski definition) is 0. The number of esters is 1. The number of carbonyl (C=O) groups is 1. The second-order valence-corrected chi connectivity index (χ2v) is 10.6. The van der Waals surface area contributed by atoms with E-state index in [1.54, 1.807) is 49.8 Å². The molecule has 1 aliphatic rings. The number of allylic oxidation sites excluding steroid dienone is 1. The third kappa shape index (κ3) is 5.30. The molecule has 10 heteroatoms. The Morgan fingerprint density at radius 3 is 2.64 bits per heavy atom. The maximum Gasteiger partial charge on any atom is 0.338 e. The molecule has 1 atom stereocenters. The lowest BCUT2D eigenvalue weighted by Crippen LogP contribution is -2.39. The smallest absolute Gasteiger partial charge is 0.338 e. The van der Waals surface area contributed by atoms with Crippen molar-refractivity contribution in [2.45, 2.75) is 26.5 Å². The van der Waals surface area contributed by atoms with Crippen LogP contribution in [-0.2, 0) is 16.1 Å². The minimum atomic E-state index is -0.637. The Balaban J connectivity index is 1.61. The molecule has 0 aliphatic carbocycles. The van der Waals surface area contributed by atoms with E-state index in [2.05, 4.69) is 4.99 Å². The molecule has 0 saturated heterocycles. The van der Waals surface area contributed by atoms with Crippen molar-refractivity contribution in [3.63, 3.8) is 0 Å². The molecule has 39 heavy (non-hydrogen) atoms. The minimum Gasteiger partial charge on any atom is -0.493 e. The van der Waals surface area contributed by atoms with Crippen molar-refractivity contribution in [1.82, 2.24) is 4.57 Å². The molecule has 1 aliphatic heterocycles. The summed E-state index contributed by atoms with van der Waals surface area (Å²) in [6.45, 7) is 3.90. The van der Waals surface area contributed by atoms with Crippen molar-refractivity contribution in [3.8, 4) is 11.5 Å². The zero-order chi connectivity index (χ0) is 27.5. The van der Waals surface area contributed by atoms with Crippen molar-refractivity contribution in [3.05, 3.63) is 113 Å². The Hall–Kier alpha value is -4.02. The van der Waals surface area contributed by atoms with Gasteiger partial charge in [0.2, 0.25) is 0 Å². The highest BCUT2D eigenvalue weighted by molar-refractivity contribution is 7.10. The molecule has 5 rings (SSSR count). The average Bonchev–Trinajstić information content (AvgIpc) is 3.56. The number of methoxy groups -OCH3 is 1. The normalized spacial score (nSPS) is 15.1. The van der Waals surface area contributed by atoms with Gasteiger partial charge in [-0.25, -0.2) is 14.2 Å². The highest BCUT2D eigenvalue weighted by atomic mass is 32.1. The summed E-state index contributed by atoms with van der Waals surface area (Å²) >= 11 is 2.70. The van der Waals surface area contributed by atoms with Crippen LogP contribution in [0.3, 0.4) is 0 Å². The SMILES string of the molecule is CCOC(=O)C1=C(C)N=c2s/c(=C\c3cccc(OC)c3OCc3ccc(F)cc3)c(=O)n2[C@@H]1c1cccs1. The minimum absolute atomic E-state index is 0.184. The number of benzene rings is 2. The van der Waals surface area contributed by atoms with E-state index in [9.17, 15) is 14.0 Å². The Bertz CT molecular complexity index is 1720. The van der Waals surface area contributed by atoms with E-state index in [0.717, 1.165) is 10.4 Å². The number of thiophene rings is 1. The van der Waals surface area contributed by atoms with Crippen LogP contribution in [0.5, 0.6) is 11.5 Å². The van der Waals surface area contributed by atoms with Gasteiger partial charge in [0.15, 0.2) is 16.3 Å². The molecule has 0 radical (unpaired) electrons. The Kier molecular flexibility index (Phi) is 7.76. The van der Waals surface area contributed by atoms with Crippen molar-refractivity contribution >= 4 is 34.7 Å². The van der Waals surface area contributed by atoms with Crippen LogP contribution in [0.2, 0.25) is 0 Å². The summed E-state index contributed by atoms with van der Waals surface area (Å²) < 4.78 is 32.3. The van der Waals surface area contributed by atoms with Gasteiger partial charge in [-0.05, 0) is 55.1 Å². The van der Waals surface area contributed by atoms with Crippen LogP contribution in [0.15, 0.2) is 81.0 Å². The predicted molar refractivity (Wildman–Crippen MR) is 148 cm³/mol. The predicted octanol–water partition coefficient (Wildman–Crippen LogP) is 4.59. The van der Waals surface area contributed by atoms with Gasteiger partial charge in [-0.3, -0.25) is 9.36 Å². The lowest BCUT2D eigenvalue weighted by Gasteiger charge is -2.23. The summed E-state index contributed by atoms with van der Waals surface area (Å²) in [4.78, 5) is 32.7. The van der Waals surface area contributed by atoms with Gasteiger partial charge in [0.05, 0.1) is 29.5 Å². The zero-order valence-corrected chi connectivity index (χ0v) is 23.1. The number of thiazole rings is 1. The molecule has 0 unspecified atom stereocenters. The third-order valence-electron chi connectivity index (χ3n) is 6.14. The van der Waals surface area contributed by atoms with Crippen molar-refractivity contribution in [1.29, 1.82) is 0 Å². The van der Waals surface area contributed by atoms with Crippen LogP contribution in [0.25, 0.3) is 6.08 Å². The summed E-state index contributed by atoms with van der Waals surface area (Å²) in [6, 6.07) is 14.6. The monoisotopic (exact) mass is 564 g/mol. The number of aromatic nitrogens is 1. The van der Waals surface area contributed by atoms with Crippen molar-refractivity contribution in [2.75, 3.05) is 13.7 Å². The first kappa shape index (κ1) is 26.6. The molecule has 4 aromatic rings. The summed E-state index contributed by atoms with van der Waals surface area (Å²) in [5, 5.41) is 1.91. The van der Waals surface area contributed by atoms with Crippen LogP contribution in [0, 0.1) is 5.82 Å². The molecular formula is C29H25FN2O5S2. The number of rotatable bonds is 8. The molecule has 3 heterocycles. The van der Waals surface area contributed by atoms with Gasteiger partial charge in [0, 0.05) is 10.4 Å². The highest BCUT2D eigenvalue weighted by Gasteiger charge is 2.33.